The Morgan fingerprint density at radius 1 is 0.970 bits per heavy atom. The van der Waals surface area contributed by atoms with Crippen LogP contribution in [0, 0.1) is 6.92 Å². The fourth-order valence-electron chi connectivity index (χ4n) is 4.22. The molecule has 2 aromatic carbocycles. The van der Waals surface area contributed by atoms with E-state index in [1.807, 2.05) is 24.9 Å². The molecule has 0 aliphatic carbocycles. The number of benzene rings is 2. The molecule has 0 atom stereocenters. The van der Waals surface area contributed by atoms with Gasteiger partial charge >= 0.3 is 0 Å². The number of likely N-dealkylation sites (N-methyl/N-ethyl adjacent to an activating group) is 1. The fourth-order valence-corrected chi connectivity index (χ4v) is 4.22. The maximum absolute atomic E-state index is 13.8. The average Bonchev–Trinajstić information content (AvgIpc) is 3.04. The summed E-state index contributed by atoms with van der Waals surface area (Å²) in [4.78, 5) is 44.3. The fraction of sp³-hybridized carbons (Fsp3) is 0.320. The number of carbonyl (C=O) groups excluding carboxylic acids is 3. The van der Waals surface area contributed by atoms with Crippen molar-refractivity contribution in [3.63, 3.8) is 0 Å². The summed E-state index contributed by atoms with van der Waals surface area (Å²) in [5.74, 6) is -0.452. The van der Waals surface area contributed by atoms with Gasteiger partial charge in [-0.3, -0.25) is 14.4 Å². The maximum atomic E-state index is 13.8. The second kappa shape index (κ2) is 9.07. The topological polar surface area (TPSA) is 82.2 Å². The molecule has 1 N–H and O–H groups in total. The summed E-state index contributed by atoms with van der Waals surface area (Å²) in [6.45, 7) is 6.24. The van der Waals surface area contributed by atoms with Gasteiger partial charge in [0.2, 0.25) is 5.91 Å². The lowest BCUT2D eigenvalue weighted by Crippen LogP contribution is -2.46. The van der Waals surface area contributed by atoms with Crippen molar-refractivity contribution in [1.29, 1.82) is 0 Å². The Hall–Kier alpha value is -3.65. The van der Waals surface area contributed by atoms with E-state index in [4.69, 9.17) is 4.74 Å². The van der Waals surface area contributed by atoms with Crippen molar-refractivity contribution < 1.29 is 19.1 Å². The molecule has 1 fully saturated rings. The minimum Gasteiger partial charge on any atom is -0.495 e. The van der Waals surface area contributed by atoms with Crippen LogP contribution in [0.1, 0.15) is 18.1 Å². The summed E-state index contributed by atoms with van der Waals surface area (Å²) >= 11 is 0. The number of piperazine rings is 1. The van der Waals surface area contributed by atoms with Crippen molar-refractivity contribution in [2.45, 2.75) is 13.8 Å². The molecule has 8 heteroatoms. The van der Waals surface area contributed by atoms with Crippen LogP contribution in [-0.4, -0.2) is 67.9 Å². The van der Waals surface area contributed by atoms with Gasteiger partial charge in [-0.25, -0.2) is 4.90 Å². The van der Waals surface area contributed by atoms with Gasteiger partial charge in [-0.05, 0) is 49.4 Å². The van der Waals surface area contributed by atoms with Crippen molar-refractivity contribution in [3.8, 4) is 5.75 Å². The normalized spacial score (nSPS) is 17.1. The summed E-state index contributed by atoms with van der Waals surface area (Å²) in [7, 11) is 3.56. The second-order valence-electron chi connectivity index (χ2n) is 8.39. The molecular formula is C25H28N4O4. The molecule has 0 saturated carbocycles. The molecule has 0 unspecified atom stereocenters. The molecule has 2 heterocycles. The third-order valence-electron chi connectivity index (χ3n) is 5.95. The van der Waals surface area contributed by atoms with E-state index in [1.165, 1.54) is 18.9 Å². The number of anilines is 2. The molecule has 1 saturated heterocycles. The summed E-state index contributed by atoms with van der Waals surface area (Å²) in [5, 5.41) is 2.73. The lowest BCUT2D eigenvalue weighted by molar-refractivity contribution is -0.121. The first kappa shape index (κ1) is 22.5. The van der Waals surface area contributed by atoms with Gasteiger partial charge in [0.25, 0.3) is 11.8 Å². The maximum Gasteiger partial charge on any atom is 0.282 e. The summed E-state index contributed by atoms with van der Waals surface area (Å²) < 4.78 is 5.47. The predicted molar refractivity (Wildman–Crippen MR) is 127 cm³/mol. The van der Waals surface area contributed by atoms with Crippen LogP contribution >= 0.6 is 0 Å². The minimum absolute atomic E-state index is 0.176. The number of rotatable bonds is 5. The molecule has 0 spiro atoms. The molecule has 4 rings (SSSR count). The van der Waals surface area contributed by atoms with E-state index in [0.717, 1.165) is 18.7 Å². The first-order chi connectivity index (χ1) is 15.8. The van der Waals surface area contributed by atoms with E-state index in [1.54, 1.807) is 36.4 Å². The monoisotopic (exact) mass is 448 g/mol. The van der Waals surface area contributed by atoms with Gasteiger partial charge in [-0.15, -0.1) is 0 Å². The van der Waals surface area contributed by atoms with Crippen LogP contribution in [0.4, 0.5) is 11.4 Å². The zero-order chi connectivity index (χ0) is 23.7. The number of methoxy groups -OCH3 is 1. The van der Waals surface area contributed by atoms with Crippen molar-refractivity contribution in [1.82, 2.24) is 9.80 Å². The number of aryl methyl sites for hydroxylation is 1. The highest BCUT2D eigenvalue weighted by Crippen LogP contribution is 2.39. The van der Waals surface area contributed by atoms with E-state index in [0.29, 0.717) is 47.0 Å². The first-order valence-corrected chi connectivity index (χ1v) is 10.9. The van der Waals surface area contributed by atoms with Crippen molar-refractivity contribution in [2.75, 3.05) is 50.6 Å². The Labute approximate surface area is 193 Å². The Balaban J connectivity index is 1.80. The number of amides is 3. The van der Waals surface area contributed by atoms with Gasteiger partial charge in [0.05, 0.1) is 18.4 Å². The van der Waals surface area contributed by atoms with Crippen LogP contribution in [0.3, 0.4) is 0 Å². The molecule has 33 heavy (non-hydrogen) atoms. The van der Waals surface area contributed by atoms with Crippen LogP contribution in [0.2, 0.25) is 0 Å². The molecule has 172 valence electrons. The summed E-state index contributed by atoms with van der Waals surface area (Å²) in [6, 6.07) is 12.4. The average molecular weight is 449 g/mol. The van der Waals surface area contributed by atoms with E-state index >= 15 is 0 Å². The van der Waals surface area contributed by atoms with Crippen molar-refractivity contribution >= 4 is 34.7 Å². The smallest absolute Gasteiger partial charge is 0.282 e. The third kappa shape index (κ3) is 4.34. The molecule has 0 aromatic heterocycles. The van der Waals surface area contributed by atoms with Crippen LogP contribution in [0.5, 0.6) is 5.75 Å². The number of nitrogens with zero attached hydrogens (tertiary/aromatic N) is 3. The highest BCUT2D eigenvalue weighted by atomic mass is 16.5. The Bertz CT molecular complexity index is 1130. The van der Waals surface area contributed by atoms with Gasteiger partial charge < -0.3 is 19.9 Å². The van der Waals surface area contributed by atoms with Crippen LogP contribution < -0.4 is 15.0 Å². The van der Waals surface area contributed by atoms with Gasteiger partial charge in [0, 0.05) is 38.8 Å². The summed E-state index contributed by atoms with van der Waals surface area (Å²) in [6.07, 6.45) is 0. The van der Waals surface area contributed by atoms with Gasteiger partial charge in [-0.2, -0.15) is 0 Å². The molecule has 3 amide bonds. The third-order valence-corrected chi connectivity index (χ3v) is 5.95. The molecule has 2 aliphatic rings. The van der Waals surface area contributed by atoms with Crippen LogP contribution in [0.25, 0.3) is 5.57 Å². The number of hydrogen-bond acceptors (Lipinski definition) is 6. The van der Waals surface area contributed by atoms with Gasteiger partial charge in [0.15, 0.2) is 0 Å². The number of hydrogen-bond donors (Lipinski definition) is 1. The number of carbonyl (C=O) groups is 3. The minimum atomic E-state index is -0.384. The van der Waals surface area contributed by atoms with Gasteiger partial charge in [0.1, 0.15) is 11.4 Å². The van der Waals surface area contributed by atoms with Crippen molar-refractivity contribution in [3.05, 3.63) is 59.3 Å². The quantitative estimate of drug-likeness (QED) is 0.708. The first-order valence-electron chi connectivity index (χ1n) is 10.9. The SMILES string of the molecule is COc1ccc(C)cc1N1C(=O)C(c2ccc(NC(C)=O)cc2)=C(N2CCN(C)CC2)C1=O. The highest BCUT2D eigenvalue weighted by Gasteiger charge is 2.43. The van der Waals surface area contributed by atoms with Crippen LogP contribution in [0.15, 0.2) is 48.2 Å². The van der Waals surface area contributed by atoms with Gasteiger partial charge in [-0.1, -0.05) is 18.2 Å². The molecular weight excluding hydrogens is 420 g/mol. The number of nitrogens with one attached hydrogen (secondary N) is 1. The zero-order valence-electron chi connectivity index (χ0n) is 19.3. The number of ether oxygens (including phenoxy) is 1. The lowest BCUT2D eigenvalue weighted by atomic mass is 10.0. The van der Waals surface area contributed by atoms with E-state index in [9.17, 15) is 14.4 Å². The Morgan fingerprint density at radius 3 is 2.24 bits per heavy atom. The van der Waals surface area contributed by atoms with E-state index in [-0.39, 0.29) is 17.7 Å². The van der Waals surface area contributed by atoms with E-state index < -0.39 is 0 Å². The number of imide groups is 1. The van der Waals surface area contributed by atoms with Crippen molar-refractivity contribution in [2.24, 2.45) is 0 Å². The van der Waals surface area contributed by atoms with E-state index in [2.05, 4.69) is 10.2 Å². The highest BCUT2D eigenvalue weighted by molar-refractivity contribution is 6.45. The molecule has 0 radical (unpaired) electrons. The Kier molecular flexibility index (Phi) is 6.20. The van der Waals surface area contributed by atoms with Crippen LogP contribution in [-0.2, 0) is 14.4 Å². The molecule has 8 nitrogen and oxygen atoms in total. The lowest BCUT2D eigenvalue weighted by Gasteiger charge is -2.34. The largest absolute Gasteiger partial charge is 0.495 e. The molecule has 0 bridgehead atoms. The standard InChI is InChI=1S/C25H28N4O4/c1-16-5-10-21(33-4)20(15-16)29-24(31)22(18-6-8-19(9-7-18)26-17(2)30)23(25(29)32)28-13-11-27(3)12-14-28/h5-10,15H,11-14H2,1-4H3,(H,26,30). The molecule has 2 aliphatic heterocycles. The molecule has 2 aromatic rings. The second-order valence-corrected chi connectivity index (χ2v) is 8.39. The zero-order valence-corrected chi connectivity index (χ0v) is 19.3. The Morgan fingerprint density at radius 2 is 1.64 bits per heavy atom. The predicted octanol–water partition coefficient (Wildman–Crippen LogP) is 2.49. The summed E-state index contributed by atoms with van der Waals surface area (Å²) in [5.41, 5.74) is 3.38.